The second-order valence-corrected chi connectivity index (χ2v) is 23.9. The van der Waals surface area contributed by atoms with Gasteiger partial charge in [0.15, 0.2) is 0 Å². The third-order valence-corrected chi connectivity index (χ3v) is 14.4. The number of aromatic nitrogens is 5. The van der Waals surface area contributed by atoms with Gasteiger partial charge in [0.05, 0.1) is 34.0 Å². The van der Waals surface area contributed by atoms with E-state index in [0.29, 0.717) is 5.71 Å². The first kappa shape index (κ1) is 54.5. The molecule has 4 aromatic heterocycles. The first-order valence-electron chi connectivity index (χ1n) is 26.8. The van der Waals surface area contributed by atoms with E-state index in [1.54, 1.807) is 0 Å². The molecule has 77 heavy (non-hydrogen) atoms. The number of nitrogens with zero attached hydrogens (tertiary/aromatic N) is 5. The quantitative estimate of drug-likeness (QED) is 0.142. The molecule has 6 nitrogen and oxygen atoms in total. The summed E-state index contributed by atoms with van der Waals surface area (Å²) in [6.45, 7) is 29.2. The molecular formula is C70H69IrN5O-2. The molecule has 0 saturated carbocycles. The average molecular weight is 1190 g/mol. The van der Waals surface area contributed by atoms with E-state index < -0.39 is 0 Å². The molecule has 0 saturated heterocycles. The first-order chi connectivity index (χ1) is 36.2. The third-order valence-electron chi connectivity index (χ3n) is 14.4. The Balaban J connectivity index is 0.000000364. The Labute approximate surface area is 469 Å². The summed E-state index contributed by atoms with van der Waals surface area (Å²) in [4.78, 5) is 19.4. The van der Waals surface area contributed by atoms with Gasteiger partial charge in [-0.3, -0.25) is 15.0 Å². The van der Waals surface area contributed by atoms with Crippen molar-refractivity contribution in [3.8, 4) is 62.0 Å². The SMILES string of the molecule is CC(C)(C)c1ccnc(-c2[c-]cccc2)n1.CC(C)c1cc(-c2ccc(-c3ccccc3)cc2)cc(C(C)C)c1-n1c(-c2[c-]ccc3c2oc2nc(-c4cc(C(C)(C)C)cc(C(C)(C)C)c4)ccc23)nc2ccccc21.[Ir]. The molecule has 391 valence electrons. The molecule has 11 aromatic rings. The van der Waals surface area contributed by atoms with E-state index in [1.165, 1.54) is 50.2 Å². The summed E-state index contributed by atoms with van der Waals surface area (Å²) in [7, 11) is 0. The molecule has 0 amide bonds. The normalized spacial score (nSPS) is 12.1. The van der Waals surface area contributed by atoms with Crippen LogP contribution in [0.1, 0.15) is 130 Å². The van der Waals surface area contributed by atoms with E-state index >= 15 is 0 Å². The fourth-order valence-electron chi connectivity index (χ4n) is 9.92. The second-order valence-electron chi connectivity index (χ2n) is 23.9. The number of benzene rings is 7. The number of hydrogen-bond donors (Lipinski definition) is 0. The van der Waals surface area contributed by atoms with Gasteiger partial charge in [-0.15, -0.1) is 54.1 Å². The number of rotatable bonds is 8. The summed E-state index contributed by atoms with van der Waals surface area (Å²) >= 11 is 0. The number of imidazole rings is 1. The van der Waals surface area contributed by atoms with Crippen LogP contribution in [0.5, 0.6) is 0 Å². The van der Waals surface area contributed by atoms with Crippen LogP contribution < -0.4 is 0 Å². The van der Waals surface area contributed by atoms with Crippen molar-refractivity contribution in [1.29, 1.82) is 0 Å². The van der Waals surface area contributed by atoms with Crippen molar-refractivity contribution in [1.82, 2.24) is 24.5 Å². The van der Waals surface area contributed by atoms with E-state index in [9.17, 15) is 0 Å². The van der Waals surface area contributed by atoms with Crippen LogP contribution in [0.2, 0.25) is 0 Å². The molecule has 0 unspecified atom stereocenters. The molecule has 0 aliphatic rings. The zero-order valence-electron chi connectivity index (χ0n) is 46.8. The summed E-state index contributed by atoms with van der Waals surface area (Å²) < 4.78 is 9.23. The second kappa shape index (κ2) is 21.6. The van der Waals surface area contributed by atoms with Crippen molar-refractivity contribution in [2.75, 3.05) is 0 Å². The Morgan fingerprint density at radius 2 is 1.12 bits per heavy atom. The molecular weight excluding hydrogens is 1120 g/mol. The van der Waals surface area contributed by atoms with Crippen LogP contribution in [0.25, 0.3) is 95.1 Å². The van der Waals surface area contributed by atoms with Gasteiger partial charge in [-0.05, 0) is 122 Å². The fourth-order valence-corrected chi connectivity index (χ4v) is 9.92. The molecule has 0 atom stereocenters. The average Bonchev–Trinajstić information content (AvgIpc) is 4.05. The summed E-state index contributed by atoms with van der Waals surface area (Å²) in [6, 6.07) is 64.6. The van der Waals surface area contributed by atoms with Gasteiger partial charge in [-0.25, -0.2) is 4.98 Å². The third kappa shape index (κ3) is 11.3. The van der Waals surface area contributed by atoms with Crippen molar-refractivity contribution in [3.05, 3.63) is 210 Å². The molecule has 7 heteroatoms. The predicted octanol–water partition coefficient (Wildman–Crippen LogP) is 18.9. The number of hydrogen-bond acceptors (Lipinski definition) is 5. The van der Waals surface area contributed by atoms with E-state index in [2.05, 4.69) is 244 Å². The minimum Gasteiger partial charge on any atom is -0.486 e. The molecule has 0 fully saturated rings. The molecule has 11 rings (SSSR count). The number of furan rings is 1. The molecule has 1 radical (unpaired) electrons. The maximum absolute atomic E-state index is 6.86. The van der Waals surface area contributed by atoms with Crippen molar-refractivity contribution < 1.29 is 24.5 Å². The molecule has 0 N–H and O–H groups in total. The molecule has 0 spiro atoms. The van der Waals surface area contributed by atoms with Crippen molar-refractivity contribution in [2.24, 2.45) is 0 Å². The monoisotopic (exact) mass is 1190 g/mol. The zero-order chi connectivity index (χ0) is 53.7. The van der Waals surface area contributed by atoms with Gasteiger partial charge in [0.2, 0.25) is 5.71 Å². The van der Waals surface area contributed by atoms with Gasteiger partial charge in [0.1, 0.15) is 0 Å². The van der Waals surface area contributed by atoms with Crippen LogP contribution in [0.4, 0.5) is 0 Å². The molecule has 0 aliphatic heterocycles. The summed E-state index contributed by atoms with van der Waals surface area (Å²) in [5, 5.41) is 1.97. The largest absolute Gasteiger partial charge is 0.486 e. The topological polar surface area (TPSA) is 69.6 Å². The number of pyridine rings is 1. The van der Waals surface area contributed by atoms with Gasteiger partial charge in [-0.2, -0.15) is 0 Å². The summed E-state index contributed by atoms with van der Waals surface area (Å²) in [5.41, 5.74) is 19.3. The minimum atomic E-state index is -0.00496. The van der Waals surface area contributed by atoms with Gasteiger partial charge >= 0.3 is 0 Å². The van der Waals surface area contributed by atoms with Gasteiger partial charge < -0.3 is 8.98 Å². The van der Waals surface area contributed by atoms with Gasteiger partial charge in [-0.1, -0.05) is 174 Å². The Morgan fingerprint density at radius 1 is 0.506 bits per heavy atom. The van der Waals surface area contributed by atoms with Crippen LogP contribution in [-0.2, 0) is 36.4 Å². The Kier molecular flexibility index (Phi) is 15.3. The zero-order valence-corrected chi connectivity index (χ0v) is 49.2. The van der Waals surface area contributed by atoms with Crippen molar-refractivity contribution in [3.63, 3.8) is 0 Å². The smallest absolute Gasteiger partial charge is 0.216 e. The Bertz CT molecular complexity index is 3800. The van der Waals surface area contributed by atoms with E-state index in [-0.39, 0.29) is 48.2 Å². The molecule has 4 heterocycles. The van der Waals surface area contributed by atoms with Crippen molar-refractivity contribution >= 4 is 33.1 Å². The van der Waals surface area contributed by atoms with Gasteiger partial charge in [0, 0.05) is 54.0 Å². The maximum Gasteiger partial charge on any atom is 0.216 e. The van der Waals surface area contributed by atoms with Crippen LogP contribution in [0.3, 0.4) is 0 Å². The van der Waals surface area contributed by atoms with Crippen LogP contribution in [0, 0.1) is 12.1 Å². The van der Waals surface area contributed by atoms with Crippen LogP contribution in [-0.4, -0.2) is 24.5 Å². The Morgan fingerprint density at radius 3 is 1.73 bits per heavy atom. The van der Waals surface area contributed by atoms with E-state index in [1.807, 2.05) is 42.6 Å². The fraction of sp³-hybridized carbons (Fsp3) is 0.257. The van der Waals surface area contributed by atoms with Crippen molar-refractivity contribution in [2.45, 2.75) is 118 Å². The molecule has 7 aromatic carbocycles. The van der Waals surface area contributed by atoms with Crippen LogP contribution in [0.15, 0.2) is 174 Å². The maximum atomic E-state index is 6.86. The van der Waals surface area contributed by atoms with Crippen LogP contribution >= 0.6 is 0 Å². The number of fused-ring (bicyclic) bond motifs is 4. The Hall–Kier alpha value is -7.31. The first-order valence-corrected chi connectivity index (χ1v) is 26.8. The minimum absolute atomic E-state index is 0. The molecule has 0 bridgehead atoms. The number of para-hydroxylation sites is 2. The predicted molar refractivity (Wildman–Crippen MR) is 317 cm³/mol. The van der Waals surface area contributed by atoms with E-state index in [0.717, 1.165) is 67.1 Å². The summed E-state index contributed by atoms with van der Waals surface area (Å²) in [5.74, 6) is 2.02. The standard InChI is InChI=1S/C56H54N3O.C14H15N2.Ir/c1-34(2)46-31-39(38-25-23-37(24-26-38)36-17-12-11-13-18-36)32-47(35(3)4)51(46)59-50-22-15-14-21-49(50)57-53(59)45-20-16-19-43-44-27-28-48(58-54(44)60-52(43)45)40-29-41(55(5,6)7)33-42(30-40)56(8,9)10;1-14(2,3)12-9-10-15-13(16-12)11-7-5-4-6-8-11;/h11-19,21-35H,1-10H3;4-7,9-10H,1-3H3;/q2*-1;. The van der Waals surface area contributed by atoms with E-state index in [4.69, 9.17) is 14.4 Å². The summed E-state index contributed by atoms with van der Waals surface area (Å²) in [6.07, 6.45) is 1.81. The molecule has 0 aliphatic carbocycles. The van der Waals surface area contributed by atoms with Gasteiger partial charge in [0.25, 0.3) is 0 Å².